The lowest BCUT2D eigenvalue weighted by atomic mass is 9.97. The molecule has 298 valence electrons. The lowest BCUT2D eigenvalue weighted by molar-refractivity contribution is 0.669. The molecule has 14 rings (SSSR count). The highest BCUT2D eigenvalue weighted by molar-refractivity contribution is 6.18. The van der Waals surface area contributed by atoms with Crippen molar-refractivity contribution in [3.63, 3.8) is 0 Å². The second kappa shape index (κ2) is 13.4. The number of benzene rings is 10. The van der Waals surface area contributed by atoms with Crippen LogP contribution in [0.15, 0.2) is 227 Å². The molecule has 0 spiro atoms. The molecule has 14 aromatic rings. The van der Waals surface area contributed by atoms with E-state index in [0.717, 1.165) is 88.5 Å². The van der Waals surface area contributed by atoms with Gasteiger partial charge in [-0.1, -0.05) is 146 Å². The molecule has 0 aliphatic carbocycles. The van der Waals surface area contributed by atoms with E-state index in [-0.39, 0.29) is 0 Å². The maximum atomic E-state index is 6.58. The molecule has 64 heavy (non-hydrogen) atoms. The van der Waals surface area contributed by atoms with E-state index in [4.69, 9.17) is 8.83 Å². The van der Waals surface area contributed by atoms with Crippen LogP contribution in [0.1, 0.15) is 0 Å². The summed E-state index contributed by atoms with van der Waals surface area (Å²) in [6.45, 7) is 0. The first kappa shape index (κ1) is 35.0. The molecule has 0 aliphatic rings. The molecule has 4 aromatic heterocycles. The van der Waals surface area contributed by atoms with Crippen molar-refractivity contribution in [3.05, 3.63) is 218 Å². The minimum atomic E-state index is 0.898. The maximum Gasteiger partial charge on any atom is 0.143 e. The van der Waals surface area contributed by atoms with Crippen molar-refractivity contribution in [2.75, 3.05) is 0 Å². The number of rotatable bonds is 5. The number of hydrogen-bond acceptors (Lipinski definition) is 2. The zero-order valence-electron chi connectivity index (χ0n) is 34.5. The van der Waals surface area contributed by atoms with E-state index in [0.29, 0.717) is 0 Å². The van der Waals surface area contributed by atoms with Crippen molar-refractivity contribution in [3.8, 4) is 44.8 Å². The van der Waals surface area contributed by atoms with Gasteiger partial charge in [-0.15, -0.1) is 0 Å². The topological polar surface area (TPSA) is 36.1 Å². The van der Waals surface area contributed by atoms with Crippen molar-refractivity contribution in [2.24, 2.45) is 0 Å². The first-order chi connectivity index (χ1) is 31.7. The number of furan rings is 2. The number of para-hydroxylation sites is 6. The maximum absolute atomic E-state index is 6.58. The van der Waals surface area contributed by atoms with Crippen LogP contribution in [0.5, 0.6) is 0 Å². The molecule has 0 aliphatic heterocycles. The molecule has 4 nitrogen and oxygen atoms in total. The highest BCUT2D eigenvalue weighted by Gasteiger charge is 2.20. The molecule has 0 radical (unpaired) electrons. The van der Waals surface area contributed by atoms with Crippen molar-refractivity contribution in [1.29, 1.82) is 0 Å². The van der Waals surface area contributed by atoms with E-state index >= 15 is 0 Å². The van der Waals surface area contributed by atoms with Crippen LogP contribution in [0.2, 0.25) is 0 Å². The standard InChI is InChI=1S/C60H36N2O2/c1-2-13-40(14-3-1)62-52-23-7-4-17-49(52)58-42(18-12-24-55(58)62)38-29-33-53-50(35-38)51-36-39(44-20-11-22-48-46-16-6-9-26-57(46)64-60(44)48)30-34-54(51)61(53)41-31-27-37(28-32-41)43-19-10-21-47-45-15-5-8-25-56(45)63-59(43)47/h1-36H. The van der Waals surface area contributed by atoms with Crippen LogP contribution in [0.4, 0.5) is 0 Å². The van der Waals surface area contributed by atoms with Gasteiger partial charge in [0.1, 0.15) is 22.3 Å². The summed E-state index contributed by atoms with van der Waals surface area (Å²) >= 11 is 0. The first-order valence-corrected chi connectivity index (χ1v) is 21.8. The fourth-order valence-corrected chi connectivity index (χ4v) is 10.5. The lowest BCUT2D eigenvalue weighted by Crippen LogP contribution is -1.94. The van der Waals surface area contributed by atoms with Gasteiger partial charge in [0.2, 0.25) is 0 Å². The highest BCUT2D eigenvalue weighted by atomic mass is 16.3. The molecule has 0 atom stereocenters. The minimum absolute atomic E-state index is 0.898. The van der Waals surface area contributed by atoms with Crippen LogP contribution >= 0.6 is 0 Å². The summed E-state index contributed by atoms with van der Waals surface area (Å²) < 4.78 is 17.8. The van der Waals surface area contributed by atoms with Crippen molar-refractivity contribution in [1.82, 2.24) is 9.13 Å². The van der Waals surface area contributed by atoms with Crippen LogP contribution in [0, 0.1) is 0 Å². The quantitative estimate of drug-likeness (QED) is 0.173. The third-order valence-electron chi connectivity index (χ3n) is 13.3. The second-order valence-electron chi connectivity index (χ2n) is 16.8. The van der Waals surface area contributed by atoms with E-state index in [9.17, 15) is 0 Å². The smallest absolute Gasteiger partial charge is 0.143 e. The Morgan fingerprint density at radius 1 is 0.266 bits per heavy atom. The summed E-state index contributed by atoms with van der Waals surface area (Å²) in [5.41, 5.74) is 17.3. The van der Waals surface area contributed by atoms with Gasteiger partial charge < -0.3 is 18.0 Å². The third kappa shape index (κ3) is 5.05. The van der Waals surface area contributed by atoms with Crippen molar-refractivity contribution < 1.29 is 8.83 Å². The van der Waals surface area contributed by atoms with Gasteiger partial charge in [0.05, 0.1) is 22.1 Å². The molecule has 4 heterocycles. The normalized spacial score (nSPS) is 12.1. The zero-order chi connectivity index (χ0) is 41.9. The van der Waals surface area contributed by atoms with Gasteiger partial charge in [0.15, 0.2) is 0 Å². The van der Waals surface area contributed by atoms with Crippen molar-refractivity contribution in [2.45, 2.75) is 0 Å². The predicted molar refractivity (Wildman–Crippen MR) is 266 cm³/mol. The number of hydrogen-bond donors (Lipinski definition) is 0. The largest absolute Gasteiger partial charge is 0.455 e. The van der Waals surface area contributed by atoms with Gasteiger partial charge in [-0.05, 0) is 95.1 Å². The molecule has 0 saturated carbocycles. The second-order valence-corrected chi connectivity index (χ2v) is 16.8. The summed E-state index contributed by atoms with van der Waals surface area (Å²) in [6.07, 6.45) is 0. The van der Waals surface area contributed by atoms with Crippen LogP contribution < -0.4 is 0 Å². The molecular weight excluding hydrogens is 781 g/mol. The number of aromatic nitrogens is 2. The molecule has 0 N–H and O–H groups in total. The van der Waals surface area contributed by atoms with Crippen LogP contribution in [0.3, 0.4) is 0 Å². The van der Waals surface area contributed by atoms with Crippen molar-refractivity contribution >= 4 is 87.5 Å². The summed E-state index contributed by atoms with van der Waals surface area (Å²) in [5.74, 6) is 0. The first-order valence-electron chi connectivity index (χ1n) is 21.8. The molecular formula is C60H36N2O2. The highest BCUT2D eigenvalue weighted by Crippen LogP contribution is 2.44. The van der Waals surface area contributed by atoms with Gasteiger partial charge in [0, 0.05) is 65.6 Å². The Labute approximate surface area is 367 Å². The molecule has 0 amide bonds. The summed E-state index contributed by atoms with van der Waals surface area (Å²) in [7, 11) is 0. The van der Waals surface area contributed by atoms with Gasteiger partial charge in [-0.3, -0.25) is 0 Å². The van der Waals surface area contributed by atoms with E-state index < -0.39 is 0 Å². The Hall–Kier alpha value is -8.60. The third-order valence-corrected chi connectivity index (χ3v) is 13.3. The van der Waals surface area contributed by atoms with E-state index in [1.807, 2.05) is 18.2 Å². The van der Waals surface area contributed by atoms with Crippen LogP contribution in [-0.2, 0) is 0 Å². The molecule has 0 bridgehead atoms. The summed E-state index contributed by atoms with van der Waals surface area (Å²) in [4.78, 5) is 0. The molecule has 4 heteroatoms. The predicted octanol–water partition coefficient (Wildman–Crippen LogP) is 16.7. The van der Waals surface area contributed by atoms with Gasteiger partial charge in [-0.2, -0.15) is 0 Å². The summed E-state index contributed by atoms with van der Waals surface area (Å²) in [6, 6.07) is 78.5. The number of fused-ring (bicyclic) bond motifs is 12. The fourth-order valence-electron chi connectivity index (χ4n) is 10.5. The Morgan fingerprint density at radius 2 is 0.703 bits per heavy atom. The van der Waals surface area contributed by atoms with Crippen LogP contribution in [0.25, 0.3) is 132 Å². The average molecular weight is 817 g/mol. The van der Waals surface area contributed by atoms with E-state index in [1.54, 1.807) is 0 Å². The van der Waals surface area contributed by atoms with E-state index in [2.05, 4.69) is 209 Å². The Bertz CT molecular complexity index is 4180. The summed E-state index contributed by atoms with van der Waals surface area (Å²) in [5, 5.41) is 9.36. The van der Waals surface area contributed by atoms with Crippen LogP contribution in [-0.4, -0.2) is 9.13 Å². The molecule has 0 fully saturated rings. The SMILES string of the molecule is c1ccc(-n2c3ccccc3c3c(-c4ccc5c(c4)c4cc(-c6cccc7c6oc6ccccc67)ccc4n5-c4ccc(-c5cccc6c5oc5ccccc56)cc4)cccc32)cc1. The Balaban J connectivity index is 0.988. The van der Waals surface area contributed by atoms with E-state index in [1.165, 1.54) is 43.7 Å². The minimum Gasteiger partial charge on any atom is -0.455 e. The Kier molecular flexibility index (Phi) is 7.36. The lowest BCUT2D eigenvalue weighted by Gasteiger charge is -2.11. The molecule has 0 unspecified atom stereocenters. The van der Waals surface area contributed by atoms with Gasteiger partial charge >= 0.3 is 0 Å². The number of nitrogens with zero attached hydrogens (tertiary/aromatic N) is 2. The molecule has 0 saturated heterocycles. The molecule has 10 aromatic carbocycles. The monoisotopic (exact) mass is 816 g/mol. The zero-order valence-corrected chi connectivity index (χ0v) is 34.5. The van der Waals surface area contributed by atoms with Gasteiger partial charge in [0.25, 0.3) is 0 Å². The fraction of sp³-hybridized carbons (Fsp3) is 0. The van der Waals surface area contributed by atoms with Gasteiger partial charge in [-0.25, -0.2) is 0 Å². The average Bonchev–Trinajstić information content (AvgIpc) is 4.12. The Morgan fingerprint density at radius 3 is 1.36 bits per heavy atom.